The quantitative estimate of drug-likeness (QED) is 0.288. The number of benzene rings is 1. The lowest BCUT2D eigenvalue weighted by Crippen LogP contribution is -2.20. The summed E-state index contributed by atoms with van der Waals surface area (Å²) in [5, 5.41) is 2.80. The van der Waals surface area contributed by atoms with Crippen molar-refractivity contribution in [1.29, 1.82) is 0 Å². The Labute approximate surface area is 187 Å². The number of aromatic nitrogens is 4. The van der Waals surface area contributed by atoms with Gasteiger partial charge in [0.1, 0.15) is 26.0 Å². The van der Waals surface area contributed by atoms with E-state index in [1.54, 1.807) is 43.9 Å². The number of amides is 1. The van der Waals surface area contributed by atoms with Crippen LogP contribution in [0, 0.1) is 0 Å². The lowest BCUT2D eigenvalue weighted by Gasteiger charge is -2.17. The number of halogens is 1. The summed E-state index contributed by atoms with van der Waals surface area (Å²) < 4.78 is 25.6. The summed E-state index contributed by atoms with van der Waals surface area (Å²) in [4.78, 5) is 25.4. The molecule has 1 N–H and O–H groups in total. The Hall–Kier alpha value is -1.88. The van der Waals surface area contributed by atoms with E-state index in [-0.39, 0.29) is 22.4 Å². The zero-order chi connectivity index (χ0) is 21.3. The molecule has 1 aromatic carbocycles. The molecule has 158 valence electrons. The Bertz CT molecular complexity index is 1100. The van der Waals surface area contributed by atoms with Crippen molar-refractivity contribution in [2.24, 2.45) is 0 Å². The summed E-state index contributed by atoms with van der Waals surface area (Å²) in [6.07, 6.45) is 3.08. The smallest absolute Gasteiger partial charge is 0.256 e. The van der Waals surface area contributed by atoms with Gasteiger partial charge in [-0.15, -0.1) is 0 Å². The molecule has 0 radical (unpaired) electrons. The second-order valence-electron chi connectivity index (χ2n) is 7.45. The van der Waals surface area contributed by atoms with Gasteiger partial charge < -0.3 is 19.4 Å². The number of alkyl halides is 1. The van der Waals surface area contributed by atoms with Crippen LogP contribution in [-0.2, 0) is 14.0 Å². The van der Waals surface area contributed by atoms with Crippen LogP contribution in [0.15, 0.2) is 43.0 Å². The molecule has 1 aliphatic heterocycles. The molecule has 0 aliphatic carbocycles. The molecule has 1 saturated heterocycles. The van der Waals surface area contributed by atoms with Crippen LogP contribution in [-0.4, -0.2) is 55.3 Å². The molecular formula is C19H21IN5O4P. The normalized spacial score (nSPS) is 21.8. The molecule has 0 bridgehead atoms. The lowest BCUT2D eigenvalue weighted by molar-refractivity contribution is -0.135. The van der Waals surface area contributed by atoms with E-state index in [4.69, 9.17) is 9.47 Å². The van der Waals surface area contributed by atoms with E-state index in [1.807, 2.05) is 10.6 Å². The minimum atomic E-state index is -2.29. The summed E-state index contributed by atoms with van der Waals surface area (Å²) in [6, 6.07) is 8.90. The monoisotopic (exact) mass is 541 g/mol. The first-order chi connectivity index (χ1) is 14.3. The summed E-state index contributed by atoms with van der Waals surface area (Å²) >= 11 is 2.28. The molecule has 0 saturated carbocycles. The number of fused-ring (bicyclic) bond motifs is 1. The second kappa shape index (κ2) is 8.70. The van der Waals surface area contributed by atoms with Gasteiger partial charge in [0, 0.05) is 12.0 Å². The minimum absolute atomic E-state index is 0.0932. The highest BCUT2D eigenvalue weighted by atomic mass is 127. The van der Waals surface area contributed by atoms with Crippen molar-refractivity contribution in [2.75, 3.05) is 25.0 Å². The largest absolute Gasteiger partial charge is 0.344 e. The van der Waals surface area contributed by atoms with Crippen LogP contribution in [0.4, 0.5) is 5.82 Å². The fourth-order valence-electron chi connectivity index (χ4n) is 3.10. The molecule has 9 nitrogen and oxygen atoms in total. The summed E-state index contributed by atoms with van der Waals surface area (Å²) in [7, 11) is -2.29. The molecule has 1 fully saturated rings. The average molecular weight is 541 g/mol. The zero-order valence-corrected chi connectivity index (χ0v) is 19.5. The summed E-state index contributed by atoms with van der Waals surface area (Å²) in [5.74, 6) is 0.0638. The van der Waals surface area contributed by atoms with Gasteiger partial charge in [-0.05, 0) is 25.5 Å². The van der Waals surface area contributed by atoms with E-state index in [1.165, 1.54) is 6.33 Å². The molecule has 3 atom stereocenters. The minimum Gasteiger partial charge on any atom is -0.344 e. The van der Waals surface area contributed by atoms with Gasteiger partial charge in [0.15, 0.2) is 23.3 Å². The highest BCUT2D eigenvalue weighted by molar-refractivity contribution is 14.1. The number of nitrogens with zero attached hydrogens (tertiary/aromatic N) is 4. The van der Waals surface area contributed by atoms with Crippen LogP contribution in [0.25, 0.3) is 11.2 Å². The molecule has 1 amide bonds. The molecule has 30 heavy (non-hydrogen) atoms. The van der Waals surface area contributed by atoms with Crippen LogP contribution in [0.2, 0.25) is 0 Å². The summed E-state index contributed by atoms with van der Waals surface area (Å²) in [5.41, 5.74) is 1.56. The summed E-state index contributed by atoms with van der Waals surface area (Å²) in [6.45, 7) is 3.38. The first-order valence-corrected chi connectivity index (χ1v) is 13.3. The number of imidazole rings is 1. The topological polar surface area (TPSA) is 108 Å². The van der Waals surface area contributed by atoms with Crippen LogP contribution in [0.3, 0.4) is 0 Å². The number of hydrogen-bond acceptors (Lipinski definition) is 7. The maximum atomic E-state index is 12.5. The van der Waals surface area contributed by atoms with Gasteiger partial charge in [-0.1, -0.05) is 40.8 Å². The van der Waals surface area contributed by atoms with Crippen LogP contribution in [0.5, 0.6) is 0 Å². The van der Waals surface area contributed by atoms with E-state index in [2.05, 4.69) is 42.9 Å². The van der Waals surface area contributed by atoms with Crippen molar-refractivity contribution in [3.63, 3.8) is 0 Å². The van der Waals surface area contributed by atoms with Crippen LogP contribution >= 0.6 is 29.7 Å². The standard InChI is InChI=1S/C19H21IN5O4P/c1-30(2,27)11-28-19-13(20)8-14(29-19)25-10-23-15-16(21-9-22-17(15)25)24-18(26)12-6-4-3-5-7-12/h3-7,9-10,13-14,19H,8,11H2,1-2H3,(H,21,22,24,26)/t13-,14-,19+/m1/s1. The van der Waals surface area contributed by atoms with E-state index in [9.17, 15) is 9.36 Å². The van der Waals surface area contributed by atoms with E-state index in [0.29, 0.717) is 29.0 Å². The third kappa shape index (κ3) is 4.72. The van der Waals surface area contributed by atoms with Gasteiger partial charge in [0.2, 0.25) is 0 Å². The van der Waals surface area contributed by atoms with E-state index in [0.717, 1.165) is 0 Å². The third-order valence-corrected chi connectivity index (χ3v) is 6.37. The fraction of sp³-hybridized carbons (Fsp3) is 0.368. The molecule has 3 aromatic rings. The van der Waals surface area contributed by atoms with Gasteiger partial charge in [0.05, 0.1) is 10.3 Å². The highest BCUT2D eigenvalue weighted by Gasteiger charge is 2.37. The molecule has 0 spiro atoms. The first-order valence-electron chi connectivity index (χ1n) is 9.31. The Morgan fingerprint density at radius 1 is 1.30 bits per heavy atom. The van der Waals surface area contributed by atoms with Gasteiger partial charge >= 0.3 is 0 Å². The van der Waals surface area contributed by atoms with Crippen molar-refractivity contribution in [1.82, 2.24) is 19.5 Å². The fourth-order valence-corrected chi connectivity index (χ4v) is 4.42. The number of anilines is 1. The Kier molecular flexibility index (Phi) is 6.19. The van der Waals surface area contributed by atoms with Crippen molar-refractivity contribution < 1.29 is 18.8 Å². The molecule has 2 aromatic heterocycles. The van der Waals surface area contributed by atoms with Crippen molar-refractivity contribution >= 4 is 52.6 Å². The Morgan fingerprint density at radius 3 is 2.80 bits per heavy atom. The zero-order valence-electron chi connectivity index (χ0n) is 16.4. The molecule has 1 aliphatic rings. The van der Waals surface area contributed by atoms with Crippen molar-refractivity contribution in [3.8, 4) is 0 Å². The Morgan fingerprint density at radius 2 is 2.07 bits per heavy atom. The van der Waals surface area contributed by atoms with Gasteiger partial charge in [-0.25, -0.2) is 15.0 Å². The van der Waals surface area contributed by atoms with Gasteiger partial charge in [-0.2, -0.15) is 0 Å². The predicted octanol–water partition coefficient (Wildman–Crippen LogP) is 3.72. The van der Waals surface area contributed by atoms with Crippen molar-refractivity contribution in [2.45, 2.75) is 22.9 Å². The number of hydrogen-bond donors (Lipinski definition) is 1. The maximum absolute atomic E-state index is 12.5. The van der Waals surface area contributed by atoms with E-state index < -0.39 is 13.4 Å². The molecule has 3 heterocycles. The molecule has 0 unspecified atom stereocenters. The van der Waals surface area contributed by atoms with E-state index >= 15 is 0 Å². The average Bonchev–Trinajstić information content (AvgIpc) is 3.30. The lowest BCUT2D eigenvalue weighted by atomic mass is 10.2. The maximum Gasteiger partial charge on any atom is 0.256 e. The van der Waals surface area contributed by atoms with Crippen LogP contribution < -0.4 is 5.32 Å². The van der Waals surface area contributed by atoms with Crippen molar-refractivity contribution in [3.05, 3.63) is 48.5 Å². The first kappa shape index (κ1) is 21.4. The number of carbonyl (C=O) groups excluding carboxylic acids is 1. The Balaban J connectivity index is 1.54. The van der Waals surface area contributed by atoms with Gasteiger partial charge in [-0.3, -0.25) is 9.36 Å². The number of rotatable bonds is 6. The predicted molar refractivity (Wildman–Crippen MR) is 121 cm³/mol. The molecule has 4 rings (SSSR count). The van der Waals surface area contributed by atoms with Gasteiger partial charge in [0.25, 0.3) is 5.91 Å². The molecular weight excluding hydrogens is 520 g/mol. The number of carbonyl (C=O) groups is 1. The SMILES string of the molecule is CP(C)(=O)CO[C@H]1O[C@@H](n2cnc3c(NC(=O)c4ccccc4)ncnc32)C[C@H]1I. The second-order valence-corrected chi connectivity index (χ2v) is 12.5. The third-order valence-electron chi connectivity index (χ3n) is 4.50. The number of nitrogens with one attached hydrogen (secondary N) is 1. The van der Waals surface area contributed by atoms with Crippen LogP contribution in [0.1, 0.15) is 23.0 Å². The highest BCUT2D eigenvalue weighted by Crippen LogP contribution is 2.40. The number of ether oxygens (including phenoxy) is 2. The molecule has 11 heteroatoms.